The zero-order valence-corrected chi connectivity index (χ0v) is 20.4. The van der Waals surface area contributed by atoms with E-state index in [-0.39, 0.29) is 0 Å². The highest BCUT2D eigenvalue weighted by Crippen LogP contribution is 2.14. The van der Waals surface area contributed by atoms with E-state index in [0.717, 1.165) is 41.6 Å². The first-order valence-electron chi connectivity index (χ1n) is 11.2. The van der Waals surface area contributed by atoms with Crippen LogP contribution >= 0.6 is 0 Å². The fraction of sp³-hybridized carbons (Fsp3) is 0.520. The molecule has 6 heteroatoms. The summed E-state index contributed by atoms with van der Waals surface area (Å²) in [7, 11) is 0. The van der Waals surface area contributed by atoms with Crippen LogP contribution in [0.25, 0.3) is 0 Å². The maximum atomic E-state index is 4.38. The zero-order valence-electron chi connectivity index (χ0n) is 20.4. The number of aromatic nitrogens is 6. The summed E-state index contributed by atoms with van der Waals surface area (Å²) in [5.41, 5.74) is 3.39. The van der Waals surface area contributed by atoms with E-state index < -0.39 is 0 Å². The van der Waals surface area contributed by atoms with Crippen molar-refractivity contribution >= 4 is 0 Å². The lowest BCUT2D eigenvalue weighted by Crippen LogP contribution is -1.98. The highest BCUT2D eigenvalue weighted by Gasteiger charge is 2.03. The van der Waals surface area contributed by atoms with E-state index >= 15 is 0 Å². The standard InChI is InChI=1S/2C9H14N2.C7H10N2/c1-4-7(2)9-5-6-10-8(3)11-9;1-4-9-10-6-5-8(11-9)7(2)3;1-6(2)7-3-4-8-5-9-7/h2*5-7H,4H2,1-3H3;3-6H,1-2H3. The fourth-order valence-corrected chi connectivity index (χ4v) is 2.51. The lowest BCUT2D eigenvalue weighted by atomic mass is 10.1. The Morgan fingerprint density at radius 3 is 1.81 bits per heavy atom. The van der Waals surface area contributed by atoms with Gasteiger partial charge in [-0.25, -0.2) is 29.9 Å². The predicted molar refractivity (Wildman–Crippen MR) is 127 cm³/mol. The zero-order chi connectivity index (χ0) is 23.2. The molecule has 0 N–H and O–H groups in total. The van der Waals surface area contributed by atoms with Gasteiger partial charge in [0.1, 0.15) is 18.0 Å². The molecule has 31 heavy (non-hydrogen) atoms. The molecule has 0 saturated heterocycles. The Bertz CT molecular complexity index is 865. The molecule has 3 aromatic rings. The van der Waals surface area contributed by atoms with Crippen LogP contribution in [0.3, 0.4) is 0 Å². The summed E-state index contributed by atoms with van der Waals surface area (Å²) in [4.78, 5) is 24.8. The minimum Gasteiger partial charge on any atom is -0.245 e. The average Bonchev–Trinajstić information content (AvgIpc) is 2.80. The molecular weight excluding hydrogens is 384 g/mol. The van der Waals surface area contributed by atoms with Crippen LogP contribution in [0.2, 0.25) is 0 Å². The van der Waals surface area contributed by atoms with Gasteiger partial charge in [-0.05, 0) is 49.3 Å². The van der Waals surface area contributed by atoms with Crippen molar-refractivity contribution in [1.29, 1.82) is 0 Å². The molecule has 0 aliphatic rings. The van der Waals surface area contributed by atoms with Gasteiger partial charge in [-0.1, -0.05) is 48.5 Å². The summed E-state index contributed by atoms with van der Waals surface area (Å²) in [6.45, 7) is 16.9. The van der Waals surface area contributed by atoms with E-state index in [4.69, 9.17) is 0 Å². The van der Waals surface area contributed by atoms with Crippen LogP contribution in [0.1, 0.15) is 101 Å². The van der Waals surface area contributed by atoms with E-state index in [9.17, 15) is 0 Å². The first kappa shape index (κ1) is 26.3. The third-order valence-corrected chi connectivity index (χ3v) is 4.75. The van der Waals surface area contributed by atoms with E-state index in [1.807, 2.05) is 37.5 Å². The average molecular weight is 423 g/mol. The van der Waals surface area contributed by atoms with Crippen LogP contribution in [-0.2, 0) is 6.42 Å². The Morgan fingerprint density at radius 1 is 0.710 bits per heavy atom. The summed E-state index contributed by atoms with van der Waals surface area (Å²) in [5, 5.41) is 0. The largest absolute Gasteiger partial charge is 0.245 e. The van der Waals surface area contributed by atoms with Crippen molar-refractivity contribution in [2.45, 2.75) is 86.0 Å². The molecule has 0 spiro atoms. The van der Waals surface area contributed by atoms with Crippen molar-refractivity contribution in [3.8, 4) is 0 Å². The molecular formula is C25H38N6. The van der Waals surface area contributed by atoms with Crippen molar-refractivity contribution < 1.29 is 0 Å². The Balaban J connectivity index is 0.000000234. The number of rotatable bonds is 5. The van der Waals surface area contributed by atoms with Gasteiger partial charge in [0.25, 0.3) is 0 Å². The Kier molecular flexibility index (Phi) is 12.1. The maximum Gasteiger partial charge on any atom is 0.128 e. The van der Waals surface area contributed by atoms with E-state index in [2.05, 4.69) is 78.4 Å². The molecule has 0 fully saturated rings. The topological polar surface area (TPSA) is 77.3 Å². The van der Waals surface area contributed by atoms with Crippen molar-refractivity contribution in [3.63, 3.8) is 0 Å². The van der Waals surface area contributed by atoms with Crippen molar-refractivity contribution in [2.75, 3.05) is 0 Å². The highest BCUT2D eigenvalue weighted by atomic mass is 14.9. The third kappa shape index (κ3) is 10.2. The van der Waals surface area contributed by atoms with Gasteiger partial charge in [0.05, 0.1) is 0 Å². The van der Waals surface area contributed by atoms with Crippen molar-refractivity contribution in [2.24, 2.45) is 0 Å². The van der Waals surface area contributed by atoms with E-state index in [1.54, 1.807) is 12.5 Å². The molecule has 0 radical (unpaired) electrons. The summed E-state index contributed by atoms with van der Waals surface area (Å²) >= 11 is 0. The van der Waals surface area contributed by atoms with Crippen LogP contribution in [0, 0.1) is 6.92 Å². The third-order valence-electron chi connectivity index (χ3n) is 4.75. The SMILES string of the molecule is CC(C)c1ccncn1.CCC(C)c1ccnc(C)n1.CCc1nccc(C(C)C)n1. The molecule has 6 nitrogen and oxygen atoms in total. The highest BCUT2D eigenvalue weighted by molar-refractivity contribution is 5.07. The Labute approximate surface area is 188 Å². The van der Waals surface area contributed by atoms with Crippen LogP contribution in [0.15, 0.2) is 43.1 Å². The fourth-order valence-electron chi connectivity index (χ4n) is 2.51. The van der Waals surface area contributed by atoms with Gasteiger partial charge < -0.3 is 0 Å². The molecule has 3 rings (SSSR count). The van der Waals surface area contributed by atoms with Gasteiger partial charge in [-0.2, -0.15) is 0 Å². The molecule has 0 bridgehead atoms. The monoisotopic (exact) mass is 422 g/mol. The lowest BCUT2D eigenvalue weighted by Gasteiger charge is -2.06. The van der Waals surface area contributed by atoms with Crippen LogP contribution in [0.5, 0.6) is 0 Å². The summed E-state index contributed by atoms with van der Waals surface area (Å²) < 4.78 is 0. The summed E-state index contributed by atoms with van der Waals surface area (Å²) in [5.74, 6) is 3.37. The van der Waals surface area contributed by atoms with Gasteiger partial charge in [-0.3, -0.25) is 0 Å². The Hall–Kier alpha value is -2.76. The molecule has 1 atom stereocenters. The number of aryl methyl sites for hydroxylation is 2. The smallest absolute Gasteiger partial charge is 0.128 e. The van der Waals surface area contributed by atoms with Gasteiger partial charge >= 0.3 is 0 Å². The van der Waals surface area contributed by atoms with Gasteiger partial charge in [-0.15, -0.1) is 0 Å². The van der Waals surface area contributed by atoms with Crippen LogP contribution in [-0.4, -0.2) is 29.9 Å². The first-order valence-corrected chi connectivity index (χ1v) is 11.2. The molecule has 0 aromatic carbocycles. The molecule has 0 amide bonds. The van der Waals surface area contributed by atoms with E-state index in [0.29, 0.717) is 17.8 Å². The number of hydrogen-bond acceptors (Lipinski definition) is 6. The normalized spacial score (nSPS) is 11.3. The van der Waals surface area contributed by atoms with Crippen molar-refractivity contribution in [3.05, 3.63) is 71.8 Å². The van der Waals surface area contributed by atoms with Crippen LogP contribution in [0.4, 0.5) is 0 Å². The van der Waals surface area contributed by atoms with Crippen molar-refractivity contribution in [1.82, 2.24) is 29.9 Å². The predicted octanol–water partition coefficient (Wildman–Crippen LogP) is 6.06. The molecule has 3 aromatic heterocycles. The number of nitrogens with zero attached hydrogens (tertiary/aromatic N) is 6. The molecule has 168 valence electrons. The van der Waals surface area contributed by atoms with E-state index in [1.165, 1.54) is 0 Å². The lowest BCUT2D eigenvalue weighted by molar-refractivity contribution is 0.699. The molecule has 3 heterocycles. The molecule has 0 aliphatic carbocycles. The molecule has 0 saturated carbocycles. The second-order valence-electron chi connectivity index (χ2n) is 8.03. The minimum atomic E-state index is 0.503. The molecule has 1 unspecified atom stereocenters. The van der Waals surface area contributed by atoms with Gasteiger partial charge in [0, 0.05) is 42.1 Å². The Morgan fingerprint density at radius 2 is 1.32 bits per heavy atom. The first-order chi connectivity index (χ1) is 14.8. The second-order valence-corrected chi connectivity index (χ2v) is 8.03. The van der Waals surface area contributed by atoms with Crippen LogP contribution < -0.4 is 0 Å². The van der Waals surface area contributed by atoms with Gasteiger partial charge in [0.15, 0.2) is 0 Å². The quantitative estimate of drug-likeness (QED) is 0.497. The maximum absolute atomic E-state index is 4.38. The minimum absolute atomic E-state index is 0.503. The summed E-state index contributed by atoms with van der Waals surface area (Å²) in [6.07, 6.45) is 9.06. The number of hydrogen-bond donors (Lipinski definition) is 0. The summed E-state index contributed by atoms with van der Waals surface area (Å²) in [6, 6.07) is 5.90. The second kappa shape index (κ2) is 14.3. The van der Waals surface area contributed by atoms with Gasteiger partial charge in [0.2, 0.25) is 0 Å². The molecule has 0 aliphatic heterocycles.